The zero-order chi connectivity index (χ0) is 18.3. The molecule has 0 bridgehead atoms. The zero-order valence-corrected chi connectivity index (χ0v) is 14.0. The standard InChI is InChI=1S/C16H20N2O6/c1-5-23-15(21)11-9-10(12(19)7-8-18(3)4)14(20)17-13(11)16(22)24-6-2/h7-9H,5-6H2,1-4H3,(H,17,20)/b8-7+. The topological polar surface area (TPSA) is 106 Å². The molecule has 1 aromatic heterocycles. The van der Waals surface area contributed by atoms with E-state index in [4.69, 9.17) is 9.47 Å². The maximum absolute atomic E-state index is 12.1. The van der Waals surface area contributed by atoms with E-state index in [9.17, 15) is 19.2 Å². The van der Waals surface area contributed by atoms with E-state index in [1.54, 1.807) is 32.8 Å². The van der Waals surface area contributed by atoms with Gasteiger partial charge in [-0.2, -0.15) is 0 Å². The number of H-pyrrole nitrogens is 1. The third kappa shape index (κ3) is 4.80. The molecule has 0 aliphatic carbocycles. The summed E-state index contributed by atoms with van der Waals surface area (Å²) in [6.07, 6.45) is 2.65. The molecule has 0 amide bonds. The Balaban J connectivity index is 3.42. The Morgan fingerprint density at radius 3 is 2.21 bits per heavy atom. The number of esters is 2. The van der Waals surface area contributed by atoms with E-state index >= 15 is 0 Å². The van der Waals surface area contributed by atoms with Crippen LogP contribution in [0.5, 0.6) is 0 Å². The molecular weight excluding hydrogens is 316 g/mol. The molecule has 0 atom stereocenters. The number of aromatic nitrogens is 1. The molecular formula is C16H20N2O6. The van der Waals surface area contributed by atoms with Gasteiger partial charge in [-0.25, -0.2) is 9.59 Å². The van der Waals surface area contributed by atoms with Crippen molar-refractivity contribution in [2.24, 2.45) is 0 Å². The van der Waals surface area contributed by atoms with E-state index in [0.717, 1.165) is 6.07 Å². The predicted octanol–water partition coefficient (Wildman–Crippen LogP) is 0.986. The summed E-state index contributed by atoms with van der Waals surface area (Å²) in [7, 11) is 3.42. The molecule has 0 fully saturated rings. The zero-order valence-electron chi connectivity index (χ0n) is 14.0. The van der Waals surface area contributed by atoms with Gasteiger partial charge < -0.3 is 19.4 Å². The lowest BCUT2D eigenvalue weighted by molar-refractivity contribution is 0.0473. The number of carbonyl (C=O) groups is 3. The molecule has 8 heteroatoms. The fourth-order valence-electron chi connectivity index (χ4n) is 1.75. The maximum atomic E-state index is 12.1. The Hall–Kier alpha value is -2.90. The monoisotopic (exact) mass is 336 g/mol. The third-order valence-corrected chi connectivity index (χ3v) is 2.81. The van der Waals surface area contributed by atoms with Crippen molar-refractivity contribution in [3.05, 3.63) is 45.5 Å². The number of ether oxygens (including phenoxy) is 2. The van der Waals surface area contributed by atoms with Crippen LogP contribution in [0.4, 0.5) is 0 Å². The van der Waals surface area contributed by atoms with Crippen molar-refractivity contribution in [2.45, 2.75) is 13.8 Å². The van der Waals surface area contributed by atoms with Crippen LogP contribution in [-0.4, -0.2) is 54.9 Å². The second-order valence-corrected chi connectivity index (χ2v) is 4.89. The first-order valence-corrected chi connectivity index (χ1v) is 7.32. The van der Waals surface area contributed by atoms with Gasteiger partial charge in [0.15, 0.2) is 5.78 Å². The lowest BCUT2D eigenvalue weighted by Gasteiger charge is -2.09. The first kappa shape index (κ1) is 19.1. The number of hydrogen-bond donors (Lipinski definition) is 1. The molecule has 130 valence electrons. The van der Waals surface area contributed by atoms with Crippen LogP contribution in [0, 0.1) is 0 Å². The number of ketones is 1. The Kier molecular flexibility index (Phi) is 6.91. The molecule has 0 aromatic carbocycles. The van der Waals surface area contributed by atoms with Gasteiger partial charge in [0.25, 0.3) is 5.56 Å². The molecule has 8 nitrogen and oxygen atoms in total. The summed E-state index contributed by atoms with van der Waals surface area (Å²) < 4.78 is 9.67. The van der Waals surface area contributed by atoms with E-state index in [1.807, 2.05) is 0 Å². The van der Waals surface area contributed by atoms with Crippen molar-refractivity contribution in [1.29, 1.82) is 0 Å². The number of nitrogens with zero attached hydrogens (tertiary/aromatic N) is 1. The van der Waals surface area contributed by atoms with Gasteiger partial charge in [-0.05, 0) is 19.9 Å². The largest absolute Gasteiger partial charge is 0.462 e. The second-order valence-electron chi connectivity index (χ2n) is 4.89. The van der Waals surface area contributed by atoms with Gasteiger partial charge >= 0.3 is 11.9 Å². The number of pyridine rings is 1. The van der Waals surface area contributed by atoms with Gasteiger partial charge in [0.05, 0.1) is 24.3 Å². The van der Waals surface area contributed by atoms with Crippen molar-refractivity contribution in [3.63, 3.8) is 0 Å². The van der Waals surface area contributed by atoms with Crippen LogP contribution in [-0.2, 0) is 9.47 Å². The molecule has 0 saturated carbocycles. The van der Waals surface area contributed by atoms with Gasteiger partial charge in [-0.1, -0.05) is 0 Å². The average molecular weight is 336 g/mol. The Morgan fingerprint density at radius 1 is 1.08 bits per heavy atom. The molecule has 1 aromatic rings. The highest BCUT2D eigenvalue weighted by atomic mass is 16.5. The summed E-state index contributed by atoms with van der Waals surface area (Å²) in [5.41, 5.74) is -1.63. The van der Waals surface area contributed by atoms with Gasteiger partial charge in [-0.3, -0.25) is 9.59 Å². The summed E-state index contributed by atoms with van der Waals surface area (Å²) >= 11 is 0. The molecule has 0 unspecified atom stereocenters. The van der Waals surface area contributed by atoms with Crippen LogP contribution in [0.25, 0.3) is 0 Å². The maximum Gasteiger partial charge on any atom is 0.355 e. The molecule has 0 aliphatic rings. The number of hydrogen-bond acceptors (Lipinski definition) is 7. The number of aromatic amines is 1. The lowest BCUT2D eigenvalue weighted by atomic mass is 10.1. The van der Waals surface area contributed by atoms with Crippen molar-refractivity contribution in [3.8, 4) is 0 Å². The lowest BCUT2D eigenvalue weighted by Crippen LogP contribution is -2.25. The Bertz CT molecular complexity index is 718. The predicted molar refractivity (Wildman–Crippen MR) is 86.1 cm³/mol. The van der Waals surface area contributed by atoms with E-state index in [-0.39, 0.29) is 30.0 Å². The van der Waals surface area contributed by atoms with Crippen molar-refractivity contribution in [2.75, 3.05) is 27.3 Å². The molecule has 1 N–H and O–H groups in total. The Morgan fingerprint density at radius 2 is 1.67 bits per heavy atom. The summed E-state index contributed by atoms with van der Waals surface area (Å²) in [5, 5.41) is 0. The average Bonchev–Trinajstić information content (AvgIpc) is 2.52. The third-order valence-electron chi connectivity index (χ3n) is 2.81. The van der Waals surface area contributed by atoms with E-state index in [0.29, 0.717) is 0 Å². The number of nitrogens with one attached hydrogen (secondary N) is 1. The first-order chi connectivity index (χ1) is 11.3. The molecule has 24 heavy (non-hydrogen) atoms. The molecule has 1 rings (SSSR count). The van der Waals surface area contributed by atoms with E-state index in [1.165, 1.54) is 12.3 Å². The van der Waals surface area contributed by atoms with Crippen LogP contribution in [0.15, 0.2) is 23.1 Å². The van der Waals surface area contributed by atoms with Crippen molar-refractivity contribution < 1.29 is 23.9 Å². The molecule has 0 saturated heterocycles. The van der Waals surface area contributed by atoms with Crippen molar-refractivity contribution in [1.82, 2.24) is 9.88 Å². The highest BCUT2D eigenvalue weighted by molar-refractivity contribution is 6.08. The summed E-state index contributed by atoms with van der Waals surface area (Å²) in [6.45, 7) is 3.32. The smallest absolute Gasteiger partial charge is 0.355 e. The van der Waals surface area contributed by atoms with Crippen LogP contribution in [0.1, 0.15) is 45.1 Å². The van der Waals surface area contributed by atoms with E-state index < -0.39 is 23.3 Å². The van der Waals surface area contributed by atoms with Crippen LogP contribution in [0.2, 0.25) is 0 Å². The SMILES string of the molecule is CCOC(=O)c1cc(C(=O)/C=C/N(C)C)c(=O)[nH]c1C(=O)OCC. The molecule has 0 radical (unpaired) electrons. The number of carbonyl (C=O) groups excluding carboxylic acids is 3. The minimum Gasteiger partial charge on any atom is -0.462 e. The van der Waals surface area contributed by atoms with Gasteiger partial charge in [0.1, 0.15) is 5.69 Å². The fraction of sp³-hybridized carbons (Fsp3) is 0.375. The van der Waals surface area contributed by atoms with Crippen LogP contribution in [0.3, 0.4) is 0 Å². The molecule has 1 heterocycles. The van der Waals surface area contributed by atoms with Gasteiger partial charge in [0.2, 0.25) is 0 Å². The summed E-state index contributed by atoms with van der Waals surface area (Å²) in [6, 6.07) is 1.05. The quantitative estimate of drug-likeness (QED) is 0.449. The van der Waals surface area contributed by atoms with Crippen LogP contribution < -0.4 is 5.56 Å². The summed E-state index contributed by atoms with van der Waals surface area (Å²) in [4.78, 5) is 52.0. The normalized spacial score (nSPS) is 10.5. The Labute approximate surface area is 139 Å². The summed E-state index contributed by atoms with van der Waals surface area (Å²) in [5.74, 6) is -2.31. The van der Waals surface area contributed by atoms with Gasteiger partial charge in [-0.15, -0.1) is 0 Å². The highest BCUT2D eigenvalue weighted by Crippen LogP contribution is 2.11. The number of allylic oxidation sites excluding steroid dienone is 1. The van der Waals surface area contributed by atoms with E-state index in [2.05, 4.69) is 4.98 Å². The van der Waals surface area contributed by atoms with Crippen LogP contribution >= 0.6 is 0 Å². The first-order valence-electron chi connectivity index (χ1n) is 7.32. The molecule has 0 spiro atoms. The highest BCUT2D eigenvalue weighted by Gasteiger charge is 2.24. The van der Waals surface area contributed by atoms with Gasteiger partial charge in [0, 0.05) is 26.4 Å². The molecule has 0 aliphatic heterocycles. The number of rotatable bonds is 7. The second kappa shape index (κ2) is 8.66. The van der Waals surface area contributed by atoms with Crippen molar-refractivity contribution >= 4 is 17.7 Å². The minimum absolute atomic E-state index is 0.0649. The minimum atomic E-state index is -0.875. The fourth-order valence-corrected chi connectivity index (χ4v) is 1.75.